The lowest BCUT2D eigenvalue weighted by Gasteiger charge is -2.45. The largest absolute Gasteiger partial charge is 0.828 e. The Morgan fingerprint density at radius 2 is 1.85 bits per heavy atom. The van der Waals surface area contributed by atoms with Crippen LogP contribution in [0.4, 0.5) is 0 Å². The molecule has 8 nitrogen and oxygen atoms in total. The molecule has 1 aliphatic heterocycles. The first-order valence-electron chi connectivity index (χ1n) is 8.01. The summed E-state index contributed by atoms with van der Waals surface area (Å²) in [6.07, 6.45) is -4.03. The molecule has 1 N–H and O–H groups in total. The summed E-state index contributed by atoms with van der Waals surface area (Å²) in [6.45, 7) is 2.58. The van der Waals surface area contributed by atoms with Crippen LogP contribution in [0.2, 0.25) is 0 Å². The molecule has 5 atom stereocenters. The Kier molecular flexibility index (Phi) is 6.73. The molecule has 8 heteroatoms. The molecular weight excluding hydrogens is 344 g/mol. The van der Waals surface area contributed by atoms with Crippen molar-refractivity contribution >= 4 is 18.0 Å². The molecule has 0 aliphatic carbocycles. The average molecular weight is 365 g/mol. The summed E-state index contributed by atoms with van der Waals surface area (Å²) in [5.74, 6) is -0.853. The lowest BCUT2D eigenvalue weighted by Crippen LogP contribution is -2.63. The van der Waals surface area contributed by atoms with Crippen LogP contribution in [-0.2, 0) is 23.8 Å². The van der Waals surface area contributed by atoms with Crippen molar-refractivity contribution in [2.24, 2.45) is 0 Å². The zero-order chi connectivity index (χ0) is 19.3. The van der Waals surface area contributed by atoms with Gasteiger partial charge in [-0.25, -0.2) is 4.79 Å². The van der Waals surface area contributed by atoms with Crippen molar-refractivity contribution in [3.05, 3.63) is 35.9 Å². The minimum Gasteiger partial charge on any atom is -0.828 e. The van der Waals surface area contributed by atoms with Crippen LogP contribution in [0, 0.1) is 0 Å². The SMILES string of the molecule is COc1ccc(/C=C\C(=O)O[C@@H]2[C@@H](O)[C@H](C)O[C@@H]([O-])[C@@H]2OC(C)=O)cc1. The van der Waals surface area contributed by atoms with Gasteiger partial charge in [-0.05, 0) is 30.7 Å². The highest BCUT2D eigenvalue weighted by molar-refractivity contribution is 5.87. The minimum atomic E-state index is -1.76. The average Bonchev–Trinajstić information content (AvgIpc) is 2.61. The van der Waals surface area contributed by atoms with Crippen LogP contribution < -0.4 is 9.84 Å². The number of hydrogen-bond acceptors (Lipinski definition) is 8. The van der Waals surface area contributed by atoms with Crippen LogP contribution >= 0.6 is 0 Å². The van der Waals surface area contributed by atoms with E-state index in [1.165, 1.54) is 13.0 Å². The van der Waals surface area contributed by atoms with Gasteiger partial charge < -0.3 is 29.2 Å². The van der Waals surface area contributed by atoms with Gasteiger partial charge in [0.1, 0.15) is 11.9 Å². The van der Waals surface area contributed by atoms with Crippen molar-refractivity contribution < 1.29 is 38.7 Å². The molecule has 0 amide bonds. The van der Waals surface area contributed by atoms with Gasteiger partial charge in [0.25, 0.3) is 0 Å². The van der Waals surface area contributed by atoms with Gasteiger partial charge in [-0.3, -0.25) is 4.79 Å². The van der Waals surface area contributed by atoms with E-state index in [9.17, 15) is 19.8 Å². The monoisotopic (exact) mass is 365 g/mol. The molecular formula is C18H21O8-. The number of carbonyl (C=O) groups excluding carboxylic acids is 2. The van der Waals surface area contributed by atoms with Gasteiger partial charge >= 0.3 is 11.9 Å². The molecule has 1 heterocycles. The van der Waals surface area contributed by atoms with Gasteiger partial charge in [-0.2, -0.15) is 0 Å². The van der Waals surface area contributed by atoms with Crippen LogP contribution in [0.15, 0.2) is 30.3 Å². The Balaban J connectivity index is 2.07. The zero-order valence-corrected chi connectivity index (χ0v) is 14.7. The Morgan fingerprint density at radius 3 is 2.42 bits per heavy atom. The molecule has 1 aromatic carbocycles. The summed E-state index contributed by atoms with van der Waals surface area (Å²) >= 11 is 0. The standard InChI is InChI=1S/C18H21O8/c1-10-15(21)16(17(18(22)24-10)25-11(2)19)26-14(20)9-6-12-4-7-13(23-3)8-5-12/h4-10,15-18,21H,1-3H3/q-1/b9-6-/t10-,15-,16+,17+,18+/m0/s1. The number of aliphatic hydroxyl groups is 1. The maximum Gasteiger partial charge on any atom is 0.331 e. The van der Waals surface area contributed by atoms with Crippen LogP contribution in [0.25, 0.3) is 6.08 Å². The predicted molar refractivity (Wildman–Crippen MR) is 87.8 cm³/mol. The van der Waals surface area contributed by atoms with Crippen molar-refractivity contribution in [2.75, 3.05) is 7.11 Å². The third-order valence-corrected chi connectivity index (χ3v) is 3.84. The number of esters is 2. The topological polar surface area (TPSA) is 114 Å². The number of ether oxygens (including phenoxy) is 4. The molecule has 0 unspecified atom stereocenters. The first-order valence-corrected chi connectivity index (χ1v) is 8.01. The van der Waals surface area contributed by atoms with Gasteiger partial charge in [0.2, 0.25) is 0 Å². The fourth-order valence-corrected chi connectivity index (χ4v) is 2.49. The Hall–Kier alpha value is -2.42. The molecule has 1 fully saturated rings. The van der Waals surface area contributed by atoms with E-state index in [0.29, 0.717) is 5.75 Å². The third kappa shape index (κ3) is 5.04. The predicted octanol–water partition coefficient (Wildman–Crippen LogP) is 0.0179. The van der Waals surface area contributed by atoms with E-state index in [2.05, 4.69) is 0 Å². The molecule has 1 aromatic rings. The van der Waals surface area contributed by atoms with E-state index in [1.807, 2.05) is 0 Å². The molecule has 1 saturated heterocycles. The van der Waals surface area contributed by atoms with Crippen LogP contribution in [0.3, 0.4) is 0 Å². The quantitative estimate of drug-likeness (QED) is 0.574. The molecule has 0 bridgehead atoms. The molecule has 0 aromatic heterocycles. The molecule has 26 heavy (non-hydrogen) atoms. The number of aliphatic hydroxyl groups excluding tert-OH is 1. The second kappa shape index (κ2) is 8.79. The maximum absolute atomic E-state index is 12.1. The van der Waals surface area contributed by atoms with E-state index in [4.69, 9.17) is 18.9 Å². The summed E-state index contributed by atoms with van der Waals surface area (Å²) in [7, 11) is 1.55. The molecule has 0 spiro atoms. The van der Waals surface area contributed by atoms with E-state index in [0.717, 1.165) is 18.6 Å². The van der Waals surface area contributed by atoms with Gasteiger partial charge in [0.05, 0.1) is 13.2 Å². The zero-order valence-electron chi connectivity index (χ0n) is 14.7. The third-order valence-electron chi connectivity index (χ3n) is 3.84. The van der Waals surface area contributed by atoms with E-state index in [1.54, 1.807) is 31.4 Å². The van der Waals surface area contributed by atoms with Crippen LogP contribution in [0.5, 0.6) is 5.75 Å². The summed E-state index contributed by atoms with van der Waals surface area (Å²) in [6, 6.07) is 6.94. The lowest BCUT2D eigenvalue weighted by molar-refractivity contribution is -0.530. The van der Waals surface area contributed by atoms with Crippen molar-refractivity contribution in [3.8, 4) is 5.75 Å². The van der Waals surface area contributed by atoms with Crippen LogP contribution in [0.1, 0.15) is 19.4 Å². The first-order chi connectivity index (χ1) is 12.3. The van der Waals surface area contributed by atoms with E-state index in [-0.39, 0.29) is 0 Å². The van der Waals surface area contributed by atoms with Gasteiger partial charge in [0.15, 0.2) is 12.2 Å². The highest BCUT2D eigenvalue weighted by Gasteiger charge is 2.43. The van der Waals surface area contributed by atoms with Gasteiger partial charge in [-0.15, -0.1) is 0 Å². The van der Waals surface area contributed by atoms with Crippen molar-refractivity contribution in [1.29, 1.82) is 0 Å². The van der Waals surface area contributed by atoms with Crippen LogP contribution in [-0.4, -0.2) is 54.9 Å². The highest BCUT2D eigenvalue weighted by Crippen LogP contribution is 2.24. The second-order valence-corrected chi connectivity index (χ2v) is 5.78. The minimum absolute atomic E-state index is 0.676. The van der Waals surface area contributed by atoms with Crippen molar-refractivity contribution in [1.82, 2.24) is 0 Å². The van der Waals surface area contributed by atoms with E-state index >= 15 is 0 Å². The summed E-state index contributed by atoms with van der Waals surface area (Å²) in [5.41, 5.74) is 0.724. The molecule has 0 saturated carbocycles. The fourth-order valence-electron chi connectivity index (χ4n) is 2.49. The molecule has 0 radical (unpaired) electrons. The Bertz CT molecular complexity index is 654. The second-order valence-electron chi connectivity index (χ2n) is 5.78. The highest BCUT2D eigenvalue weighted by atomic mass is 16.7. The number of methoxy groups -OCH3 is 1. The normalized spacial score (nSPS) is 28.6. The van der Waals surface area contributed by atoms with Gasteiger partial charge in [0, 0.05) is 19.3 Å². The number of rotatable bonds is 5. The number of carbonyl (C=O) groups is 2. The molecule has 142 valence electrons. The first kappa shape index (κ1) is 19.9. The molecule has 2 rings (SSSR count). The van der Waals surface area contributed by atoms with Crippen molar-refractivity contribution in [2.45, 2.75) is 44.6 Å². The summed E-state index contributed by atoms with van der Waals surface area (Å²) in [4.78, 5) is 23.2. The number of benzene rings is 1. The fraction of sp³-hybridized carbons (Fsp3) is 0.444. The lowest BCUT2D eigenvalue weighted by atomic mass is 9.99. The smallest absolute Gasteiger partial charge is 0.331 e. The summed E-state index contributed by atoms with van der Waals surface area (Å²) in [5, 5.41) is 22.1. The molecule has 1 aliphatic rings. The number of hydrogen-bond donors (Lipinski definition) is 1. The summed E-state index contributed by atoms with van der Waals surface area (Å²) < 4.78 is 20.1. The maximum atomic E-state index is 12.1. The Labute approximate surface area is 150 Å². The Morgan fingerprint density at radius 1 is 1.19 bits per heavy atom. The van der Waals surface area contributed by atoms with Crippen molar-refractivity contribution in [3.63, 3.8) is 0 Å². The van der Waals surface area contributed by atoms with Gasteiger partial charge in [-0.1, -0.05) is 12.1 Å². The van der Waals surface area contributed by atoms with E-state index < -0.39 is 42.6 Å².